The Balaban J connectivity index is 2.23. The Hall–Kier alpha value is -1.54. The summed E-state index contributed by atoms with van der Waals surface area (Å²) in [7, 11) is 0. The molecule has 0 radical (unpaired) electrons. The van der Waals surface area contributed by atoms with Crippen LogP contribution >= 0.6 is 0 Å². The van der Waals surface area contributed by atoms with E-state index < -0.39 is 0 Å². The first-order chi connectivity index (χ1) is 7.81. The standard InChI is InChI=1S/C14H16O2/c1-2-12(15)10-16-14-9-5-7-11-6-3-4-8-13(11)14/h3-9,12,15H,2,10H2,1H3. The van der Waals surface area contributed by atoms with Crippen LogP contribution in [0.25, 0.3) is 10.8 Å². The Bertz CT molecular complexity index is 460. The summed E-state index contributed by atoms with van der Waals surface area (Å²) in [6.45, 7) is 2.29. The largest absolute Gasteiger partial charge is 0.490 e. The van der Waals surface area contributed by atoms with Crippen molar-refractivity contribution in [2.45, 2.75) is 19.4 Å². The highest BCUT2D eigenvalue weighted by Crippen LogP contribution is 2.25. The number of hydrogen-bond acceptors (Lipinski definition) is 2. The van der Waals surface area contributed by atoms with Crippen LogP contribution in [-0.2, 0) is 0 Å². The van der Waals surface area contributed by atoms with Gasteiger partial charge in [-0.1, -0.05) is 43.3 Å². The zero-order chi connectivity index (χ0) is 11.4. The lowest BCUT2D eigenvalue weighted by molar-refractivity contribution is 0.105. The van der Waals surface area contributed by atoms with Gasteiger partial charge >= 0.3 is 0 Å². The van der Waals surface area contributed by atoms with Gasteiger partial charge in [-0.15, -0.1) is 0 Å². The summed E-state index contributed by atoms with van der Waals surface area (Å²) in [6.07, 6.45) is 0.323. The van der Waals surface area contributed by atoms with Crippen molar-refractivity contribution in [1.82, 2.24) is 0 Å². The van der Waals surface area contributed by atoms with E-state index in [2.05, 4.69) is 12.1 Å². The van der Waals surface area contributed by atoms with Crippen molar-refractivity contribution in [3.8, 4) is 5.75 Å². The van der Waals surface area contributed by atoms with Crippen molar-refractivity contribution in [3.63, 3.8) is 0 Å². The molecule has 1 unspecified atom stereocenters. The average molecular weight is 216 g/mol. The Kier molecular flexibility index (Phi) is 3.42. The van der Waals surface area contributed by atoms with Crippen LogP contribution in [0.5, 0.6) is 5.75 Å². The Morgan fingerprint density at radius 2 is 1.88 bits per heavy atom. The minimum Gasteiger partial charge on any atom is -0.490 e. The van der Waals surface area contributed by atoms with E-state index >= 15 is 0 Å². The summed E-state index contributed by atoms with van der Waals surface area (Å²) in [4.78, 5) is 0. The molecule has 0 saturated carbocycles. The second-order valence-corrected chi connectivity index (χ2v) is 3.85. The molecule has 0 fully saturated rings. The maximum absolute atomic E-state index is 9.47. The number of aliphatic hydroxyl groups is 1. The topological polar surface area (TPSA) is 29.5 Å². The molecule has 0 aliphatic rings. The van der Waals surface area contributed by atoms with Crippen LogP contribution in [0.1, 0.15) is 13.3 Å². The van der Waals surface area contributed by atoms with Gasteiger partial charge < -0.3 is 9.84 Å². The van der Waals surface area contributed by atoms with Crippen LogP contribution < -0.4 is 4.74 Å². The van der Waals surface area contributed by atoms with Crippen molar-refractivity contribution >= 4 is 10.8 Å². The van der Waals surface area contributed by atoms with Crippen molar-refractivity contribution < 1.29 is 9.84 Å². The van der Waals surface area contributed by atoms with Crippen LogP contribution in [0.3, 0.4) is 0 Å². The van der Waals surface area contributed by atoms with E-state index in [1.165, 1.54) is 0 Å². The second-order valence-electron chi connectivity index (χ2n) is 3.85. The predicted octanol–water partition coefficient (Wildman–Crippen LogP) is 2.99. The summed E-state index contributed by atoms with van der Waals surface area (Å²) < 4.78 is 5.62. The monoisotopic (exact) mass is 216 g/mol. The number of rotatable bonds is 4. The third-order valence-electron chi connectivity index (χ3n) is 2.65. The first kappa shape index (κ1) is 11.0. The molecule has 0 heterocycles. The summed E-state index contributed by atoms with van der Waals surface area (Å²) in [5, 5.41) is 11.7. The van der Waals surface area contributed by atoms with E-state index in [0.717, 1.165) is 16.5 Å². The molecule has 0 aliphatic carbocycles. The van der Waals surface area contributed by atoms with Gasteiger partial charge in [-0.05, 0) is 17.9 Å². The first-order valence-electron chi connectivity index (χ1n) is 5.60. The van der Waals surface area contributed by atoms with Crippen molar-refractivity contribution in [2.75, 3.05) is 6.61 Å². The van der Waals surface area contributed by atoms with Gasteiger partial charge in [-0.25, -0.2) is 0 Å². The van der Waals surface area contributed by atoms with E-state index in [1.54, 1.807) is 0 Å². The molecule has 84 valence electrons. The summed E-state index contributed by atoms with van der Waals surface area (Å²) >= 11 is 0. The molecule has 0 spiro atoms. The Morgan fingerprint density at radius 1 is 1.12 bits per heavy atom. The van der Waals surface area contributed by atoms with Gasteiger partial charge in [-0.2, -0.15) is 0 Å². The SMILES string of the molecule is CCC(O)COc1cccc2ccccc12. The van der Waals surface area contributed by atoms with Gasteiger partial charge in [-0.3, -0.25) is 0 Å². The second kappa shape index (κ2) is 4.99. The zero-order valence-electron chi connectivity index (χ0n) is 9.39. The fraction of sp³-hybridized carbons (Fsp3) is 0.286. The molecule has 0 saturated heterocycles. The lowest BCUT2D eigenvalue weighted by atomic mass is 10.1. The number of fused-ring (bicyclic) bond motifs is 1. The van der Waals surface area contributed by atoms with Gasteiger partial charge in [0.05, 0.1) is 6.10 Å². The number of hydrogen-bond donors (Lipinski definition) is 1. The summed E-state index contributed by atoms with van der Waals surface area (Å²) in [5.74, 6) is 0.839. The molecule has 0 aliphatic heterocycles. The fourth-order valence-corrected chi connectivity index (χ4v) is 1.63. The molecule has 2 aromatic carbocycles. The first-order valence-corrected chi connectivity index (χ1v) is 5.60. The van der Waals surface area contributed by atoms with Gasteiger partial charge in [0.1, 0.15) is 12.4 Å². The number of benzene rings is 2. The van der Waals surface area contributed by atoms with Crippen molar-refractivity contribution in [2.24, 2.45) is 0 Å². The van der Waals surface area contributed by atoms with Crippen LogP contribution in [0, 0.1) is 0 Å². The van der Waals surface area contributed by atoms with Gasteiger partial charge in [0.25, 0.3) is 0 Å². The molecule has 1 N–H and O–H groups in total. The number of aliphatic hydroxyl groups excluding tert-OH is 1. The Morgan fingerprint density at radius 3 is 2.69 bits per heavy atom. The lowest BCUT2D eigenvalue weighted by Gasteiger charge is -2.12. The van der Waals surface area contributed by atoms with Crippen LogP contribution in [-0.4, -0.2) is 17.8 Å². The van der Waals surface area contributed by atoms with Crippen LogP contribution in [0.2, 0.25) is 0 Å². The summed E-state index contributed by atoms with van der Waals surface area (Å²) in [6, 6.07) is 14.0. The smallest absolute Gasteiger partial charge is 0.127 e. The van der Waals surface area contributed by atoms with E-state index in [-0.39, 0.29) is 6.10 Å². The van der Waals surface area contributed by atoms with Gasteiger partial charge in [0.15, 0.2) is 0 Å². The van der Waals surface area contributed by atoms with E-state index in [9.17, 15) is 5.11 Å². The minimum atomic E-state index is -0.390. The summed E-state index contributed by atoms with van der Waals surface area (Å²) in [5.41, 5.74) is 0. The van der Waals surface area contributed by atoms with E-state index in [0.29, 0.717) is 13.0 Å². The fourth-order valence-electron chi connectivity index (χ4n) is 1.63. The van der Waals surface area contributed by atoms with Crippen LogP contribution in [0.4, 0.5) is 0 Å². The molecular formula is C14H16O2. The van der Waals surface area contributed by atoms with E-state index in [4.69, 9.17) is 4.74 Å². The molecule has 16 heavy (non-hydrogen) atoms. The quantitative estimate of drug-likeness (QED) is 0.851. The lowest BCUT2D eigenvalue weighted by Crippen LogP contribution is -2.16. The minimum absolute atomic E-state index is 0.352. The van der Waals surface area contributed by atoms with Crippen molar-refractivity contribution in [1.29, 1.82) is 0 Å². The Labute approximate surface area is 95.5 Å². The molecular weight excluding hydrogens is 200 g/mol. The van der Waals surface area contributed by atoms with Crippen molar-refractivity contribution in [3.05, 3.63) is 42.5 Å². The molecule has 0 bridgehead atoms. The highest BCUT2D eigenvalue weighted by atomic mass is 16.5. The van der Waals surface area contributed by atoms with Gasteiger partial charge in [0, 0.05) is 5.39 Å². The van der Waals surface area contributed by atoms with Crippen LogP contribution in [0.15, 0.2) is 42.5 Å². The molecule has 2 nitrogen and oxygen atoms in total. The number of ether oxygens (including phenoxy) is 1. The zero-order valence-corrected chi connectivity index (χ0v) is 9.39. The molecule has 2 rings (SSSR count). The molecule has 0 amide bonds. The van der Waals surface area contributed by atoms with Gasteiger partial charge in [0.2, 0.25) is 0 Å². The highest BCUT2D eigenvalue weighted by Gasteiger charge is 2.04. The predicted molar refractivity (Wildman–Crippen MR) is 65.7 cm³/mol. The maximum atomic E-state index is 9.47. The third kappa shape index (κ3) is 2.34. The molecule has 2 heteroatoms. The molecule has 2 aromatic rings. The molecule has 0 aromatic heterocycles. The average Bonchev–Trinajstić information content (AvgIpc) is 2.35. The molecule has 1 atom stereocenters. The third-order valence-corrected chi connectivity index (χ3v) is 2.65. The maximum Gasteiger partial charge on any atom is 0.127 e. The normalized spacial score (nSPS) is 12.6. The van der Waals surface area contributed by atoms with E-state index in [1.807, 2.05) is 37.3 Å². The highest BCUT2D eigenvalue weighted by molar-refractivity contribution is 5.88.